The fourth-order valence-electron chi connectivity index (χ4n) is 2.43. The number of nitrogens with zero attached hydrogens (tertiary/aromatic N) is 5. The summed E-state index contributed by atoms with van der Waals surface area (Å²) in [5.74, 6) is 1.34. The van der Waals surface area contributed by atoms with E-state index in [1.807, 2.05) is 6.20 Å². The third-order valence-corrected chi connectivity index (χ3v) is 5.01. The lowest BCUT2D eigenvalue weighted by Crippen LogP contribution is -2.34. The Hall–Kier alpha value is -1.74. The van der Waals surface area contributed by atoms with Crippen molar-refractivity contribution in [2.45, 2.75) is 24.4 Å². The minimum atomic E-state index is -3.55. The highest BCUT2D eigenvalue weighted by Crippen LogP contribution is 2.18. The SMILES string of the molecule is Cn1nncc1S(=O)(=O)NCC1CCc2nccn2C1. The quantitative estimate of drug-likeness (QED) is 0.825. The Kier molecular flexibility index (Phi) is 3.30. The first kappa shape index (κ1) is 13.3. The van der Waals surface area contributed by atoms with Crippen LogP contribution in [0.3, 0.4) is 0 Å². The molecule has 0 bridgehead atoms. The zero-order chi connectivity index (χ0) is 14.2. The molecule has 0 saturated heterocycles. The van der Waals surface area contributed by atoms with Gasteiger partial charge >= 0.3 is 0 Å². The number of rotatable bonds is 4. The predicted molar refractivity (Wildman–Crippen MR) is 70.2 cm³/mol. The summed E-state index contributed by atoms with van der Waals surface area (Å²) in [5.41, 5.74) is 0. The molecule has 3 heterocycles. The largest absolute Gasteiger partial charge is 0.335 e. The van der Waals surface area contributed by atoms with Crippen LogP contribution in [-0.2, 0) is 30.0 Å². The molecule has 108 valence electrons. The van der Waals surface area contributed by atoms with Crippen molar-refractivity contribution in [3.8, 4) is 0 Å². The molecule has 0 aliphatic carbocycles. The van der Waals surface area contributed by atoms with E-state index in [1.165, 1.54) is 10.9 Å². The van der Waals surface area contributed by atoms with Gasteiger partial charge in [-0.3, -0.25) is 0 Å². The van der Waals surface area contributed by atoms with E-state index in [4.69, 9.17) is 0 Å². The maximum atomic E-state index is 12.1. The zero-order valence-electron chi connectivity index (χ0n) is 11.1. The Morgan fingerprint density at radius 2 is 2.35 bits per heavy atom. The smallest absolute Gasteiger partial charge is 0.259 e. The van der Waals surface area contributed by atoms with E-state index in [9.17, 15) is 8.42 Å². The third-order valence-electron chi connectivity index (χ3n) is 3.54. The van der Waals surface area contributed by atoms with Gasteiger partial charge in [0.1, 0.15) is 5.82 Å². The van der Waals surface area contributed by atoms with Gasteiger partial charge in [0, 0.05) is 39.0 Å². The van der Waals surface area contributed by atoms with Crippen LogP contribution >= 0.6 is 0 Å². The second-order valence-electron chi connectivity index (χ2n) is 4.95. The maximum Gasteiger partial charge on any atom is 0.259 e. The Labute approximate surface area is 116 Å². The van der Waals surface area contributed by atoms with Gasteiger partial charge in [-0.15, -0.1) is 5.10 Å². The molecule has 1 N–H and O–H groups in total. The lowest BCUT2D eigenvalue weighted by atomic mass is 10.00. The van der Waals surface area contributed by atoms with Gasteiger partial charge in [0.15, 0.2) is 5.03 Å². The van der Waals surface area contributed by atoms with Crippen molar-refractivity contribution in [1.82, 2.24) is 29.3 Å². The molecule has 1 unspecified atom stereocenters. The lowest BCUT2D eigenvalue weighted by molar-refractivity contribution is 0.363. The number of hydrogen-bond acceptors (Lipinski definition) is 5. The van der Waals surface area contributed by atoms with Gasteiger partial charge in [0.05, 0.1) is 6.20 Å². The van der Waals surface area contributed by atoms with Gasteiger partial charge < -0.3 is 4.57 Å². The van der Waals surface area contributed by atoms with Crippen molar-refractivity contribution >= 4 is 10.0 Å². The highest BCUT2D eigenvalue weighted by Gasteiger charge is 2.23. The van der Waals surface area contributed by atoms with Gasteiger partial charge in [-0.1, -0.05) is 5.21 Å². The van der Waals surface area contributed by atoms with Gasteiger partial charge in [-0.25, -0.2) is 22.8 Å². The number of hydrogen-bond donors (Lipinski definition) is 1. The molecule has 1 atom stereocenters. The van der Waals surface area contributed by atoms with Crippen LogP contribution in [-0.4, -0.2) is 39.5 Å². The average molecular weight is 296 g/mol. The van der Waals surface area contributed by atoms with E-state index in [0.29, 0.717) is 6.54 Å². The summed E-state index contributed by atoms with van der Waals surface area (Å²) in [4.78, 5) is 4.26. The molecule has 1 aliphatic rings. The van der Waals surface area contributed by atoms with Crippen LogP contribution in [0.2, 0.25) is 0 Å². The molecule has 8 nitrogen and oxygen atoms in total. The van der Waals surface area contributed by atoms with Crippen molar-refractivity contribution in [1.29, 1.82) is 0 Å². The van der Waals surface area contributed by atoms with E-state index in [1.54, 1.807) is 13.2 Å². The molecule has 0 fully saturated rings. The van der Waals surface area contributed by atoms with Crippen molar-refractivity contribution in [2.24, 2.45) is 13.0 Å². The number of fused-ring (bicyclic) bond motifs is 1. The summed E-state index contributed by atoms with van der Waals surface area (Å²) in [5, 5.41) is 7.30. The van der Waals surface area contributed by atoms with Crippen molar-refractivity contribution in [2.75, 3.05) is 6.54 Å². The van der Waals surface area contributed by atoms with Crippen LogP contribution in [0.25, 0.3) is 0 Å². The monoisotopic (exact) mass is 296 g/mol. The first-order valence-electron chi connectivity index (χ1n) is 6.40. The molecule has 0 saturated carbocycles. The molecule has 2 aromatic heterocycles. The summed E-state index contributed by atoms with van der Waals surface area (Å²) in [7, 11) is -1.99. The fraction of sp³-hybridized carbons (Fsp3) is 0.545. The fourth-order valence-corrected chi connectivity index (χ4v) is 3.60. The first-order chi connectivity index (χ1) is 9.56. The Morgan fingerprint density at radius 3 is 3.10 bits per heavy atom. The van der Waals surface area contributed by atoms with E-state index >= 15 is 0 Å². The molecule has 20 heavy (non-hydrogen) atoms. The molecule has 9 heteroatoms. The first-order valence-corrected chi connectivity index (χ1v) is 7.89. The molecule has 0 amide bonds. The Bertz CT molecular complexity index is 704. The zero-order valence-corrected chi connectivity index (χ0v) is 11.9. The molecular weight excluding hydrogens is 280 g/mol. The molecule has 0 spiro atoms. The molecule has 2 aromatic rings. The summed E-state index contributed by atoms with van der Waals surface area (Å²) < 4.78 is 30.2. The van der Waals surface area contributed by atoms with E-state index in [0.717, 1.165) is 25.2 Å². The van der Waals surface area contributed by atoms with Crippen LogP contribution < -0.4 is 4.72 Å². The van der Waals surface area contributed by atoms with Crippen molar-refractivity contribution < 1.29 is 8.42 Å². The predicted octanol–water partition coefficient (Wildman–Crippen LogP) is -0.447. The highest BCUT2D eigenvalue weighted by atomic mass is 32.2. The van der Waals surface area contributed by atoms with Crippen molar-refractivity contribution in [3.05, 3.63) is 24.4 Å². The van der Waals surface area contributed by atoms with Crippen LogP contribution in [0, 0.1) is 5.92 Å². The average Bonchev–Trinajstić information content (AvgIpc) is 3.04. The van der Waals surface area contributed by atoms with Gasteiger partial charge in [0.25, 0.3) is 10.0 Å². The van der Waals surface area contributed by atoms with Crippen molar-refractivity contribution in [3.63, 3.8) is 0 Å². The van der Waals surface area contributed by atoms with Crippen LogP contribution in [0.15, 0.2) is 23.6 Å². The number of sulfonamides is 1. The standard InChI is InChI=1S/C11H16N6O2S/c1-16-11(7-13-15-16)20(18,19)14-6-9-2-3-10-12-4-5-17(10)8-9/h4-5,7,9,14H,2-3,6,8H2,1H3. The van der Waals surface area contributed by atoms with E-state index in [2.05, 4.69) is 24.6 Å². The minimum absolute atomic E-state index is 0.0802. The second-order valence-corrected chi connectivity index (χ2v) is 6.66. The molecule has 0 radical (unpaired) electrons. The Balaban J connectivity index is 1.65. The second kappa shape index (κ2) is 4.98. The van der Waals surface area contributed by atoms with Gasteiger partial charge in [0.2, 0.25) is 0 Å². The molecule has 3 rings (SSSR count). The molecule has 0 aromatic carbocycles. The number of nitrogens with one attached hydrogen (secondary N) is 1. The Morgan fingerprint density at radius 1 is 1.50 bits per heavy atom. The third kappa shape index (κ3) is 2.46. The number of imidazole rings is 1. The van der Waals surface area contributed by atoms with E-state index < -0.39 is 10.0 Å². The number of aromatic nitrogens is 5. The summed E-state index contributed by atoms with van der Waals surface area (Å²) >= 11 is 0. The topological polar surface area (TPSA) is 94.7 Å². The van der Waals surface area contributed by atoms with E-state index in [-0.39, 0.29) is 10.9 Å². The number of aryl methyl sites for hydroxylation is 2. The molecule has 1 aliphatic heterocycles. The normalized spacial score (nSPS) is 18.9. The lowest BCUT2D eigenvalue weighted by Gasteiger charge is -2.23. The van der Waals surface area contributed by atoms with Gasteiger partial charge in [-0.05, 0) is 12.3 Å². The van der Waals surface area contributed by atoms with Crippen LogP contribution in [0.1, 0.15) is 12.2 Å². The summed E-state index contributed by atoms with van der Waals surface area (Å²) in [6.07, 6.45) is 6.78. The summed E-state index contributed by atoms with van der Waals surface area (Å²) in [6.45, 7) is 1.20. The van der Waals surface area contributed by atoms with Gasteiger partial charge in [-0.2, -0.15) is 0 Å². The van der Waals surface area contributed by atoms with Crippen LogP contribution in [0.4, 0.5) is 0 Å². The highest BCUT2D eigenvalue weighted by molar-refractivity contribution is 7.89. The molecular formula is C11H16N6O2S. The van der Waals surface area contributed by atoms with Crippen LogP contribution in [0.5, 0.6) is 0 Å². The summed E-state index contributed by atoms with van der Waals surface area (Å²) in [6, 6.07) is 0. The maximum absolute atomic E-state index is 12.1. The minimum Gasteiger partial charge on any atom is -0.335 e.